The van der Waals surface area contributed by atoms with E-state index in [9.17, 15) is 9.59 Å². The Balaban J connectivity index is 3.51. The second kappa shape index (κ2) is 12.6. The van der Waals surface area contributed by atoms with Crippen molar-refractivity contribution in [1.82, 2.24) is 10.6 Å². The van der Waals surface area contributed by atoms with Gasteiger partial charge in [0.05, 0.1) is 13.2 Å². The molecule has 1 unspecified atom stereocenters. The van der Waals surface area contributed by atoms with Crippen LogP contribution in [0, 0.1) is 5.92 Å². The number of rotatable bonds is 12. The molecule has 1 amide bonds. The summed E-state index contributed by atoms with van der Waals surface area (Å²) in [7, 11) is 0. The van der Waals surface area contributed by atoms with Gasteiger partial charge >= 0.3 is 5.97 Å². The van der Waals surface area contributed by atoms with Crippen molar-refractivity contribution in [2.75, 3.05) is 19.7 Å². The number of carbonyl (C=O) groups is 2. The third kappa shape index (κ3) is 13.6. The van der Waals surface area contributed by atoms with Crippen LogP contribution in [0.15, 0.2) is 0 Å². The second-order valence-corrected chi connectivity index (χ2v) is 5.88. The number of amides is 1. The molecule has 124 valence electrons. The highest BCUT2D eigenvalue weighted by molar-refractivity contribution is 5.78. The van der Waals surface area contributed by atoms with Crippen LogP contribution >= 0.6 is 0 Å². The Hall–Kier alpha value is -1.10. The van der Waals surface area contributed by atoms with Crippen LogP contribution in [0.4, 0.5) is 0 Å². The maximum Gasteiger partial charge on any atom is 0.305 e. The number of esters is 1. The summed E-state index contributed by atoms with van der Waals surface area (Å²) < 4.78 is 4.83. The number of ether oxygens (including phenoxy) is 1. The highest BCUT2D eigenvalue weighted by Gasteiger charge is 2.07. The highest BCUT2D eigenvalue weighted by atomic mass is 16.5. The second-order valence-electron chi connectivity index (χ2n) is 5.88. The molecule has 21 heavy (non-hydrogen) atoms. The molecule has 5 heteroatoms. The molecule has 0 aromatic rings. The van der Waals surface area contributed by atoms with Gasteiger partial charge in [-0.2, -0.15) is 0 Å². The summed E-state index contributed by atoms with van der Waals surface area (Å²) in [6.07, 6.45) is 4.45. The first-order chi connectivity index (χ1) is 9.95. The van der Waals surface area contributed by atoms with Crippen molar-refractivity contribution >= 4 is 11.9 Å². The lowest BCUT2D eigenvalue weighted by Crippen LogP contribution is -2.39. The predicted molar refractivity (Wildman–Crippen MR) is 85.0 cm³/mol. The Morgan fingerprint density at radius 3 is 2.43 bits per heavy atom. The monoisotopic (exact) mass is 300 g/mol. The van der Waals surface area contributed by atoms with Crippen LogP contribution in [-0.4, -0.2) is 37.6 Å². The standard InChI is InChI=1S/C16H32N2O3/c1-5-21-16(20)10-7-11-17-12-15(19)18-14(4)9-6-8-13(2)3/h13-14,17H,5-12H2,1-4H3,(H,18,19). The smallest absolute Gasteiger partial charge is 0.305 e. The third-order valence-electron chi connectivity index (χ3n) is 3.15. The van der Waals surface area contributed by atoms with E-state index in [4.69, 9.17) is 4.74 Å². The lowest BCUT2D eigenvalue weighted by molar-refractivity contribution is -0.143. The van der Waals surface area contributed by atoms with E-state index in [1.54, 1.807) is 6.92 Å². The number of nitrogens with one attached hydrogen (secondary N) is 2. The molecule has 0 aromatic carbocycles. The molecule has 0 saturated carbocycles. The van der Waals surface area contributed by atoms with E-state index in [2.05, 4.69) is 24.5 Å². The SMILES string of the molecule is CCOC(=O)CCCNCC(=O)NC(C)CCCC(C)C. The maximum atomic E-state index is 11.7. The largest absolute Gasteiger partial charge is 0.466 e. The fourth-order valence-electron chi connectivity index (χ4n) is 2.02. The van der Waals surface area contributed by atoms with Gasteiger partial charge in [-0.1, -0.05) is 26.7 Å². The minimum atomic E-state index is -0.178. The van der Waals surface area contributed by atoms with Crippen LogP contribution in [0.1, 0.15) is 59.8 Å². The topological polar surface area (TPSA) is 67.4 Å². The van der Waals surface area contributed by atoms with E-state index in [0.717, 1.165) is 12.8 Å². The van der Waals surface area contributed by atoms with Gasteiger partial charge in [0, 0.05) is 12.5 Å². The van der Waals surface area contributed by atoms with Crippen LogP contribution in [0.25, 0.3) is 0 Å². The number of hydrogen-bond acceptors (Lipinski definition) is 4. The first-order valence-electron chi connectivity index (χ1n) is 8.11. The molecular formula is C16H32N2O3. The molecular weight excluding hydrogens is 268 g/mol. The molecule has 0 saturated heterocycles. The Labute approximate surface area is 129 Å². The average Bonchev–Trinajstić information content (AvgIpc) is 2.38. The Bertz CT molecular complexity index is 293. The Morgan fingerprint density at radius 2 is 1.81 bits per heavy atom. The zero-order valence-electron chi connectivity index (χ0n) is 14.0. The van der Waals surface area contributed by atoms with Crippen LogP contribution < -0.4 is 10.6 Å². The zero-order valence-corrected chi connectivity index (χ0v) is 14.0. The van der Waals surface area contributed by atoms with Gasteiger partial charge in [0.25, 0.3) is 0 Å². The molecule has 0 aliphatic carbocycles. The summed E-state index contributed by atoms with van der Waals surface area (Å²) >= 11 is 0. The van der Waals surface area contributed by atoms with Gasteiger partial charge in [-0.05, 0) is 39.2 Å². The van der Waals surface area contributed by atoms with E-state index in [-0.39, 0.29) is 17.9 Å². The van der Waals surface area contributed by atoms with Crippen molar-refractivity contribution in [3.05, 3.63) is 0 Å². The fourth-order valence-corrected chi connectivity index (χ4v) is 2.02. The number of carbonyl (C=O) groups excluding carboxylic acids is 2. The van der Waals surface area contributed by atoms with E-state index < -0.39 is 0 Å². The van der Waals surface area contributed by atoms with E-state index in [1.807, 2.05) is 6.92 Å². The molecule has 0 aliphatic heterocycles. The van der Waals surface area contributed by atoms with E-state index >= 15 is 0 Å². The van der Waals surface area contributed by atoms with Crippen LogP contribution in [-0.2, 0) is 14.3 Å². The summed E-state index contributed by atoms with van der Waals surface area (Å²) in [5, 5.41) is 6.02. The van der Waals surface area contributed by atoms with Gasteiger partial charge in [0.2, 0.25) is 5.91 Å². The third-order valence-corrected chi connectivity index (χ3v) is 3.15. The highest BCUT2D eigenvalue weighted by Crippen LogP contribution is 2.07. The summed E-state index contributed by atoms with van der Waals surface area (Å²) in [4.78, 5) is 22.8. The van der Waals surface area contributed by atoms with Crippen molar-refractivity contribution in [2.45, 2.75) is 65.8 Å². The van der Waals surface area contributed by atoms with Gasteiger partial charge in [-0.15, -0.1) is 0 Å². The first kappa shape index (κ1) is 19.9. The summed E-state index contributed by atoms with van der Waals surface area (Å²) in [6.45, 7) is 9.63. The van der Waals surface area contributed by atoms with Crippen molar-refractivity contribution in [3.8, 4) is 0 Å². The first-order valence-corrected chi connectivity index (χ1v) is 8.11. The Kier molecular flexibility index (Phi) is 12.0. The van der Waals surface area contributed by atoms with Crippen molar-refractivity contribution in [1.29, 1.82) is 0 Å². The molecule has 0 bridgehead atoms. The van der Waals surface area contributed by atoms with Gasteiger partial charge in [0.1, 0.15) is 0 Å². The minimum absolute atomic E-state index is 0.0168. The quantitative estimate of drug-likeness (QED) is 0.428. The normalized spacial score (nSPS) is 12.2. The minimum Gasteiger partial charge on any atom is -0.466 e. The summed E-state index contributed by atoms with van der Waals surface area (Å²) in [5.74, 6) is 0.555. The summed E-state index contributed by atoms with van der Waals surface area (Å²) in [6, 6.07) is 0.220. The molecule has 0 aromatic heterocycles. The van der Waals surface area contributed by atoms with Gasteiger partial charge < -0.3 is 15.4 Å². The predicted octanol–water partition coefficient (Wildman–Crippen LogP) is 2.25. The molecule has 0 spiro atoms. The van der Waals surface area contributed by atoms with Crippen molar-refractivity contribution in [3.63, 3.8) is 0 Å². The summed E-state index contributed by atoms with van der Waals surface area (Å²) in [5.41, 5.74) is 0. The Morgan fingerprint density at radius 1 is 1.10 bits per heavy atom. The molecule has 5 nitrogen and oxygen atoms in total. The van der Waals surface area contributed by atoms with E-state index in [0.29, 0.717) is 38.5 Å². The molecule has 1 atom stereocenters. The van der Waals surface area contributed by atoms with E-state index in [1.165, 1.54) is 6.42 Å². The van der Waals surface area contributed by atoms with Crippen LogP contribution in [0.2, 0.25) is 0 Å². The number of hydrogen-bond donors (Lipinski definition) is 2. The zero-order chi connectivity index (χ0) is 16.1. The fraction of sp³-hybridized carbons (Fsp3) is 0.875. The van der Waals surface area contributed by atoms with Gasteiger partial charge in [-0.25, -0.2) is 0 Å². The van der Waals surface area contributed by atoms with Crippen molar-refractivity contribution in [2.24, 2.45) is 5.92 Å². The van der Waals surface area contributed by atoms with Crippen LogP contribution in [0.3, 0.4) is 0 Å². The molecule has 0 rings (SSSR count). The molecule has 0 radical (unpaired) electrons. The van der Waals surface area contributed by atoms with Gasteiger partial charge in [0.15, 0.2) is 0 Å². The molecule has 0 heterocycles. The maximum absolute atomic E-state index is 11.7. The molecule has 0 fully saturated rings. The van der Waals surface area contributed by atoms with Crippen LogP contribution in [0.5, 0.6) is 0 Å². The molecule has 0 aliphatic rings. The van der Waals surface area contributed by atoms with Gasteiger partial charge in [-0.3, -0.25) is 9.59 Å². The lowest BCUT2D eigenvalue weighted by atomic mass is 10.0. The molecule has 2 N–H and O–H groups in total. The van der Waals surface area contributed by atoms with Crippen molar-refractivity contribution < 1.29 is 14.3 Å². The lowest BCUT2D eigenvalue weighted by Gasteiger charge is -2.14. The average molecular weight is 300 g/mol.